The van der Waals surface area contributed by atoms with Gasteiger partial charge in [-0.3, -0.25) is 9.36 Å². The fraction of sp³-hybridized carbons (Fsp3) is 0.222. The highest BCUT2D eigenvalue weighted by atomic mass is 16.2. The van der Waals surface area contributed by atoms with Gasteiger partial charge in [0.15, 0.2) is 0 Å². The summed E-state index contributed by atoms with van der Waals surface area (Å²) in [6.45, 7) is 2.19. The van der Waals surface area contributed by atoms with Crippen LogP contribution in [0, 0.1) is 0 Å². The van der Waals surface area contributed by atoms with E-state index >= 15 is 0 Å². The molecule has 1 aromatic heterocycles. The van der Waals surface area contributed by atoms with E-state index in [1.54, 1.807) is 12.1 Å². The quantitative estimate of drug-likeness (QED) is 0.758. The first-order chi connectivity index (χ1) is 11.1. The van der Waals surface area contributed by atoms with Gasteiger partial charge in [0, 0.05) is 24.3 Å². The molecule has 5 nitrogen and oxygen atoms in total. The number of fused-ring (bicyclic) bond motifs is 1. The Balaban J connectivity index is 2.13. The normalized spacial score (nSPS) is 11.0. The number of rotatable bonds is 5. The number of nitrogens with zero attached hydrogens (tertiary/aromatic N) is 2. The number of aliphatic hydroxyl groups is 1. The van der Waals surface area contributed by atoms with Crippen molar-refractivity contribution in [3.8, 4) is 5.69 Å². The summed E-state index contributed by atoms with van der Waals surface area (Å²) in [5.41, 5.74) is 9.62. The molecule has 0 fully saturated rings. The molecular weight excluding hydrogens is 290 g/mol. The highest BCUT2D eigenvalue weighted by Gasteiger charge is 2.13. The van der Waals surface area contributed by atoms with Crippen LogP contribution in [0.5, 0.6) is 0 Å². The Morgan fingerprint density at radius 1 is 1.22 bits per heavy atom. The number of hydrogen-bond acceptors (Lipinski definition) is 3. The summed E-state index contributed by atoms with van der Waals surface area (Å²) in [6.07, 6.45) is 1.42. The lowest BCUT2D eigenvalue weighted by molar-refractivity contribution is 0.100. The summed E-state index contributed by atoms with van der Waals surface area (Å²) < 4.78 is 2.09. The van der Waals surface area contributed by atoms with Gasteiger partial charge < -0.3 is 10.8 Å². The van der Waals surface area contributed by atoms with E-state index in [0.717, 1.165) is 34.5 Å². The molecule has 0 bridgehead atoms. The Morgan fingerprint density at radius 2 is 1.96 bits per heavy atom. The number of amides is 1. The molecule has 0 radical (unpaired) electrons. The van der Waals surface area contributed by atoms with Crippen LogP contribution in [0.3, 0.4) is 0 Å². The van der Waals surface area contributed by atoms with E-state index in [-0.39, 0.29) is 6.61 Å². The van der Waals surface area contributed by atoms with Crippen molar-refractivity contribution in [1.82, 2.24) is 9.55 Å². The first-order valence-electron chi connectivity index (χ1n) is 7.65. The maximum Gasteiger partial charge on any atom is 0.248 e. The number of aliphatic hydroxyl groups excluding tert-OH is 1. The van der Waals surface area contributed by atoms with Crippen molar-refractivity contribution in [2.24, 2.45) is 5.73 Å². The number of primary amides is 1. The molecule has 0 saturated heterocycles. The van der Waals surface area contributed by atoms with Crippen LogP contribution in [-0.2, 0) is 12.8 Å². The van der Waals surface area contributed by atoms with E-state index in [1.165, 1.54) is 0 Å². The summed E-state index contributed by atoms with van der Waals surface area (Å²) in [4.78, 5) is 16.0. The van der Waals surface area contributed by atoms with Gasteiger partial charge in [0.1, 0.15) is 5.82 Å². The third-order valence-corrected chi connectivity index (χ3v) is 3.92. The highest BCUT2D eigenvalue weighted by molar-refractivity contribution is 5.96. The summed E-state index contributed by atoms with van der Waals surface area (Å²) >= 11 is 0. The maximum atomic E-state index is 11.3. The van der Waals surface area contributed by atoms with Crippen molar-refractivity contribution in [2.45, 2.75) is 19.8 Å². The van der Waals surface area contributed by atoms with Gasteiger partial charge in [0.2, 0.25) is 5.91 Å². The van der Waals surface area contributed by atoms with E-state index < -0.39 is 5.91 Å². The summed E-state index contributed by atoms with van der Waals surface area (Å²) in [7, 11) is 0. The average molecular weight is 309 g/mol. The maximum absolute atomic E-state index is 11.3. The van der Waals surface area contributed by atoms with Gasteiger partial charge in [-0.25, -0.2) is 4.98 Å². The molecule has 23 heavy (non-hydrogen) atoms. The molecule has 3 rings (SSSR count). The topological polar surface area (TPSA) is 81.1 Å². The fourth-order valence-electron chi connectivity index (χ4n) is 2.75. The summed E-state index contributed by atoms with van der Waals surface area (Å²) in [5.74, 6) is 0.476. The Morgan fingerprint density at radius 3 is 2.57 bits per heavy atom. The number of hydrogen-bond donors (Lipinski definition) is 2. The predicted molar refractivity (Wildman–Crippen MR) is 89.8 cm³/mol. The Kier molecular flexibility index (Phi) is 4.12. The Hall–Kier alpha value is -2.66. The molecule has 0 atom stereocenters. The van der Waals surface area contributed by atoms with Gasteiger partial charge in [-0.05, 0) is 42.3 Å². The SMILES string of the molecule is CCc1nc2cc(C(N)=O)ccc2n1-c1ccc(CCO)cc1. The van der Waals surface area contributed by atoms with Crippen LogP contribution in [0.4, 0.5) is 0 Å². The molecule has 0 spiro atoms. The fourth-order valence-corrected chi connectivity index (χ4v) is 2.75. The van der Waals surface area contributed by atoms with Gasteiger partial charge in [-0.2, -0.15) is 0 Å². The number of carbonyl (C=O) groups is 1. The van der Waals surface area contributed by atoms with Crippen LogP contribution in [0.1, 0.15) is 28.7 Å². The Bertz CT molecular complexity index is 851. The molecular formula is C18H19N3O2. The summed E-state index contributed by atoms with van der Waals surface area (Å²) in [6, 6.07) is 13.4. The highest BCUT2D eigenvalue weighted by Crippen LogP contribution is 2.23. The van der Waals surface area contributed by atoms with E-state index in [0.29, 0.717) is 12.0 Å². The van der Waals surface area contributed by atoms with E-state index in [4.69, 9.17) is 10.8 Å². The smallest absolute Gasteiger partial charge is 0.248 e. The lowest BCUT2D eigenvalue weighted by atomic mass is 10.1. The first kappa shape index (κ1) is 15.2. The molecule has 5 heteroatoms. The van der Waals surface area contributed by atoms with Crippen molar-refractivity contribution in [3.63, 3.8) is 0 Å². The molecule has 0 aliphatic rings. The van der Waals surface area contributed by atoms with Crippen molar-refractivity contribution >= 4 is 16.9 Å². The molecule has 1 amide bonds. The second-order valence-corrected chi connectivity index (χ2v) is 5.42. The second kappa shape index (κ2) is 6.22. The van der Waals surface area contributed by atoms with Crippen molar-refractivity contribution in [3.05, 3.63) is 59.4 Å². The van der Waals surface area contributed by atoms with E-state index in [9.17, 15) is 4.79 Å². The molecule has 0 saturated carbocycles. The van der Waals surface area contributed by atoms with Gasteiger partial charge in [0.05, 0.1) is 11.0 Å². The zero-order chi connectivity index (χ0) is 16.4. The molecule has 0 aliphatic heterocycles. The van der Waals surface area contributed by atoms with Gasteiger partial charge in [-0.1, -0.05) is 19.1 Å². The van der Waals surface area contributed by atoms with Crippen molar-refractivity contribution in [2.75, 3.05) is 6.61 Å². The molecule has 3 N–H and O–H groups in total. The van der Waals surface area contributed by atoms with Crippen molar-refractivity contribution < 1.29 is 9.90 Å². The average Bonchev–Trinajstić information content (AvgIpc) is 2.93. The molecule has 0 unspecified atom stereocenters. The van der Waals surface area contributed by atoms with Crippen LogP contribution < -0.4 is 5.73 Å². The van der Waals surface area contributed by atoms with E-state index in [2.05, 4.69) is 9.55 Å². The van der Waals surface area contributed by atoms with Crippen LogP contribution in [0.25, 0.3) is 16.7 Å². The lowest BCUT2D eigenvalue weighted by Crippen LogP contribution is -2.10. The van der Waals surface area contributed by atoms with Gasteiger partial charge >= 0.3 is 0 Å². The number of nitrogens with two attached hydrogens (primary N) is 1. The number of imidazole rings is 1. The third kappa shape index (κ3) is 2.83. The van der Waals surface area contributed by atoms with Crippen LogP contribution in [0.15, 0.2) is 42.5 Å². The summed E-state index contributed by atoms with van der Waals surface area (Å²) in [5, 5.41) is 9.01. The molecule has 1 heterocycles. The van der Waals surface area contributed by atoms with Crippen LogP contribution in [-0.4, -0.2) is 27.2 Å². The number of aryl methyl sites for hydroxylation is 1. The van der Waals surface area contributed by atoms with Crippen LogP contribution in [0.2, 0.25) is 0 Å². The molecule has 2 aromatic carbocycles. The molecule has 3 aromatic rings. The molecule has 0 aliphatic carbocycles. The zero-order valence-electron chi connectivity index (χ0n) is 13.0. The van der Waals surface area contributed by atoms with E-state index in [1.807, 2.05) is 37.3 Å². The minimum Gasteiger partial charge on any atom is -0.396 e. The third-order valence-electron chi connectivity index (χ3n) is 3.92. The minimum atomic E-state index is -0.451. The first-order valence-corrected chi connectivity index (χ1v) is 7.65. The lowest BCUT2D eigenvalue weighted by Gasteiger charge is -2.09. The van der Waals surface area contributed by atoms with Crippen LogP contribution >= 0.6 is 0 Å². The zero-order valence-corrected chi connectivity index (χ0v) is 13.0. The second-order valence-electron chi connectivity index (χ2n) is 5.42. The Labute approximate surface area is 134 Å². The monoisotopic (exact) mass is 309 g/mol. The van der Waals surface area contributed by atoms with Gasteiger partial charge in [0.25, 0.3) is 0 Å². The van der Waals surface area contributed by atoms with Crippen molar-refractivity contribution in [1.29, 1.82) is 0 Å². The number of benzene rings is 2. The molecule has 118 valence electrons. The standard InChI is InChI=1S/C18H19N3O2/c1-2-17-20-15-11-13(18(19)23)5-8-16(15)21(17)14-6-3-12(4-7-14)9-10-22/h3-8,11,22H,2,9-10H2,1H3,(H2,19,23). The van der Waals surface area contributed by atoms with Gasteiger partial charge in [-0.15, -0.1) is 0 Å². The number of carbonyl (C=O) groups excluding carboxylic acids is 1. The minimum absolute atomic E-state index is 0.142. The largest absolute Gasteiger partial charge is 0.396 e. The number of aromatic nitrogens is 2. The predicted octanol–water partition coefficient (Wildman–Crippen LogP) is 2.22.